The van der Waals surface area contributed by atoms with Gasteiger partial charge in [0.2, 0.25) is 0 Å². The first-order valence-electron chi connectivity index (χ1n) is 8.71. The Hall–Kier alpha value is -3.61. The summed E-state index contributed by atoms with van der Waals surface area (Å²) < 4.78 is 51.4. The average Bonchev–Trinajstić information content (AvgIpc) is 2.73. The van der Waals surface area contributed by atoms with E-state index in [1.54, 1.807) is 0 Å². The quantitative estimate of drug-likeness (QED) is 0.389. The highest BCUT2D eigenvalue weighted by atomic mass is 32.2. The van der Waals surface area contributed by atoms with Gasteiger partial charge in [-0.3, -0.25) is 9.80 Å². The smallest absolute Gasteiger partial charge is 0.434 e. The Bertz CT molecular complexity index is 1100. The second-order valence-electron chi connectivity index (χ2n) is 6.28. The maximum atomic E-state index is 13.1. The van der Waals surface area contributed by atoms with Gasteiger partial charge in [0.05, 0.1) is 24.1 Å². The molecule has 0 saturated heterocycles. The number of carbonyl (C=O) groups is 2. The van der Waals surface area contributed by atoms with Crippen LogP contribution in [0, 0.1) is 5.82 Å². The van der Waals surface area contributed by atoms with Crippen LogP contribution in [0.2, 0.25) is 0 Å². The topological polar surface area (TPSA) is 106 Å². The Morgan fingerprint density at radius 1 is 1.19 bits per heavy atom. The van der Waals surface area contributed by atoms with Gasteiger partial charge >= 0.3 is 12.3 Å². The maximum Gasteiger partial charge on any atom is 0.434 e. The van der Waals surface area contributed by atoms with Crippen LogP contribution in [0.25, 0.3) is 0 Å². The zero-order chi connectivity index (χ0) is 23.6. The number of imide groups is 1. The molecular weight excluding hydrogens is 456 g/mol. The van der Waals surface area contributed by atoms with Crippen molar-refractivity contribution in [3.05, 3.63) is 65.4 Å². The third-order valence-corrected chi connectivity index (χ3v) is 4.90. The average molecular weight is 470 g/mol. The number of aliphatic imine (C=N–C) groups is 1. The molecule has 1 aliphatic heterocycles. The maximum absolute atomic E-state index is 13.1. The number of carboxylic acid groups (broad SMARTS) is 1. The minimum absolute atomic E-state index is 0.0319. The van der Waals surface area contributed by atoms with Crippen LogP contribution in [0.3, 0.4) is 0 Å². The molecule has 0 atom stereocenters. The highest BCUT2D eigenvalue weighted by Gasteiger charge is 2.40. The fraction of sp³-hybridized carbons (Fsp3) is 0.158. The number of carbonyl (C=O) groups excluding carboxylic acids is 1. The molecular formula is C19H14F4N4O4S. The second kappa shape index (κ2) is 8.86. The molecule has 1 aromatic carbocycles. The number of nitrogens with zero attached hydrogens (tertiary/aromatic N) is 4. The van der Waals surface area contributed by atoms with Crippen LogP contribution in [-0.4, -0.2) is 50.1 Å². The largest absolute Gasteiger partial charge is 0.509 e. The van der Waals surface area contributed by atoms with Gasteiger partial charge < -0.3 is 10.2 Å². The van der Waals surface area contributed by atoms with Crippen LogP contribution in [-0.2, 0) is 11.0 Å². The molecule has 2 N–H and O–H groups in total. The molecule has 32 heavy (non-hydrogen) atoms. The standard InChI is InChI=1S/C19H14F4N4O4S/c1-32-16(25-11-4-2-10(20)3-5-11)15-13(28)9-26(27(17(15)29)18(30)31)12-6-7-14(24-8-12)19(21,22)23/h2-8,28H,9H2,1H3,(H,30,31). The minimum Gasteiger partial charge on any atom is -0.509 e. The molecule has 0 aliphatic carbocycles. The molecule has 0 fully saturated rings. The van der Waals surface area contributed by atoms with Gasteiger partial charge in [0.25, 0.3) is 5.91 Å². The number of pyridine rings is 1. The summed E-state index contributed by atoms with van der Waals surface area (Å²) in [5.74, 6) is -2.23. The molecule has 168 valence electrons. The van der Waals surface area contributed by atoms with Crippen molar-refractivity contribution >= 4 is 40.2 Å². The lowest BCUT2D eigenvalue weighted by molar-refractivity contribution is -0.141. The molecule has 0 radical (unpaired) electrons. The first-order chi connectivity index (χ1) is 15.0. The van der Waals surface area contributed by atoms with E-state index in [0.717, 1.165) is 41.2 Å². The van der Waals surface area contributed by atoms with Gasteiger partial charge in [-0.05, 0) is 42.7 Å². The third kappa shape index (κ3) is 4.66. The van der Waals surface area contributed by atoms with Crippen molar-refractivity contribution in [1.29, 1.82) is 0 Å². The summed E-state index contributed by atoms with van der Waals surface area (Å²) in [7, 11) is 0. The zero-order valence-corrected chi connectivity index (χ0v) is 17.0. The molecule has 1 aromatic heterocycles. The van der Waals surface area contributed by atoms with Crippen LogP contribution in [0.1, 0.15) is 5.69 Å². The van der Waals surface area contributed by atoms with E-state index in [4.69, 9.17) is 0 Å². The van der Waals surface area contributed by atoms with E-state index in [1.807, 2.05) is 0 Å². The number of aliphatic hydroxyl groups excluding tert-OH is 1. The summed E-state index contributed by atoms with van der Waals surface area (Å²) >= 11 is 0.941. The molecule has 8 nitrogen and oxygen atoms in total. The number of anilines is 1. The molecule has 1 aliphatic rings. The summed E-state index contributed by atoms with van der Waals surface area (Å²) in [5.41, 5.74) is -1.52. The van der Waals surface area contributed by atoms with Crippen LogP contribution in [0.4, 0.5) is 33.7 Å². The molecule has 3 rings (SSSR count). The molecule has 2 amide bonds. The van der Waals surface area contributed by atoms with Gasteiger partial charge in [-0.15, -0.1) is 16.8 Å². The SMILES string of the molecule is CSC(=Nc1ccc(F)cc1)C1=C(O)CN(c2ccc(C(F)(F)F)nc2)N(C(=O)O)C1=O. The highest BCUT2D eigenvalue weighted by Crippen LogP contribution is 2.31. The molecule has 0 unspecified atom stereocenters. The first-order valence-corrected chi connectivity index (χ1v) is 9.94. The molecule has 2 heterocycles. The summed E-state index contributed by atoms with van der Waals surface area (Å²) in [6, 6.07) is 6.48. The predicted molar refractivity (Wildman–Crippen MR) is 108 cm³/mol. The van der Waals surface area contributed by atoms with Crippen LogP contribution >= 0.6 is 11.8 Å². The van der Waals surface area contributed by atoms with Crippen LogP contribution in [0.15, 0.2) is 58.9 Å². The number of alkyl halides is 3. The van der Waals surface area contributed by atoms with Crippen molar-refractivity contribution in [3.63, 3.8) is 0 Å². The molecule has 0 bridgehead atoms. The number of hydrogen-bond acceptors (Lipinski definition) is 7. The van der Waals surface area contributed by atoms with Gasteiger partial charge in [-0.1, -0.05) is 0 Å². The Balaban J connectivity index is 2.03. The van der Waals surface area contributed by atoms with E-state index in [9.17, 15) is 37.4 Å². The normalized spacial score (nSPS) is 15.4. The zero-order valence-electron chi connectivity index (χ0n) is 16.2. The van der Waals surface area contributed by atoms with Crippen molar-refractivity contribution in [2.45, 2.75) is 6.18 Å². The number of hydrazine groups is 1. The van der Waals surface area contributed by atoms with Crippen LogP contribution < -0.4 is 5.01 Å². The first kappa shape index (κ1) is 23.1. The Kier molecular flexibility index (Phi) is 6.39. The van der Waals surface area contributed by atoms with Gasteiger partial charge in [0.1, 0.15) is 27.9 Å². The lowest BCUT2D eigenvalue weighted by Crippen LogP contribution is -2.55. The lowest BCUT2D eigenvalue weighted by Gasteiger charge is -2.36. The number of amides is 2. The number of aliphatic hydroxyl groups is 1. The van der Waals surface area contributed by atoms with E-state index >= 15 is 0 Å². The monoisotopic (exact) mass is 470 g/mol. The number of rotatable bonds is 3. The molecule has 0 spiro atoms. The van der Waals surface area contributed by atoms with Crippen molar-refractivity contribution in [1.82, 2.24) is 9.99 Å². The molecule has 2 aromatic rings. The third-order valence-electron chi connectivity index (χ3n) is 4.22. The summed E-state index contributed by atoms with van der Waals surface area (Å²) in [6.45, 7) is -0.552. The minimum atomic E-state index is -4.71. The Labute approximate surface area is 182 Å². The summed E-state index contributed by atoms with van der Waals surface area (Å²) in [4.78, 5) is 32.2. The van der Waals surface area contributed by atoms with E-state index in [0.29, 0.717) is 6.07 Å². The van der Waals surface area contributed by atoms with Gasteiger partial charge in [-0.25, -0.2) is 19.2 Å². The summed E-state index contributed by atoms with van der Waals surface area (Å²) in [6.07, 6.45) is -4.16. The lowest BCUT2D eigenvalue weighted by atomic mass is 10.1. The van der Waals surface area contributed by atoms with Crippen LogP contribution in [0.5, 0.6) is 0 Å². The van der Waals surface area contributed by atoms with E-state index in [2.05, 4.69) is 9.98 Å². The van der Waals surface area contributed by atoms with Gasteiger partial charge in [0, 0.05) is 0 Å². The Morgan fingerprint density at radius 2 is 1.84 bits per heavy atom. The number of aromatic nitrogens is 1. The van der Waals surface area contributed by atoms with Crippen molar-refractivity contribution in [2.75, 3.05) is 17.8 Å². The van der Waals surface area contributed by atoms with Gasteiger partial charge in [0.15, 0.2) is 0 Å². The summed E-state index contributed by atoms with van der Waals surface area (Å²) in [5, 5.41) is 21.1. The molecule has 13 heteroatoms. The van der Waals surface area contributed by atoms with Gasteiger partial charge in [-0.2, -0.15) is 13.2 Å². The van der Waals surface area contributed by atoms with Crippen molar-refractivity contribution in [3.8, 4) is 0 Å². The van der Waals surface area contributed by atoms with Crippen molar-refractivity contribution in [2.24, 2.45) is 4.99 Å². The predicted octanol–water partition coefficient (Wildman–Crippen LogP) is 4.39. The van der Waals surface area contributed by atoms with E-state index in [-0.39, 0.29) is 21.4 Å². The number of hydrogen-bond donors (Lipinski definition) is 2. The fourth-order valence-corrected chi connectivity index (χ4v) is 3.39. The Morgan fingerprint density at radius 3 is 2.34 bits per heavy atom. The molecule has 0 saturated carbocycles. The number of thioether (sulfide) groups is 1. The van der Waals surface area contributed by atoms with E-state index < -0.39 is 47.6 Å². The number of benzene rings is 1. The second-order valence-corrected chi connectivity index (χ2v) is 7.07. The van der Waals surface area contributed by atoms with E-state index in [1.165, 1.54) is 18.4 Å². The van der Waals surface area contributed by atoms with Crippen molar-refractivity contribution < 1.29 is 37.4 Å². The fourth-order valence-electron chi connectivity index (χ4n) is 2.79. The number of halogens is 4. The highest BCUT2D eigenvalue weighted by molar-refractivity contribution is 8.14.